The van der Waals surface area contributed by atoms with Crippen LogP contribution in [0.5, 0.6) is 5.75 Å². The zero-order valence-electron chi connectivity index (χ0n) is 12.6. The highest BCUT2D eigenvalue weighted by Gasteiger charge is 2.19. The van der Waals surface area contributed by atoms with Crippen LogP contribution < -0.4 is 10.1 Å². The van der Waals surface area contributed by atoms with E-state index in [2.05, 4.69) is 17.3 Å². The van der Waals surface area contributed by atoms with Gasteiger partial charge in [-0.2, -0.15) is 0 Å². The van der Waals surface area contributed by atoms with Crippen LogP contribution in [0, 0.1) is 0 Å². The van der Waals surface area contributed by atoms with Crippen LogP contribution in [-0.4, -0.2) is 44.0 Å². The Bertz CT molecular complexity index is 468. The Morgan fingerprint density at radius 1 is 1.40 bits per heavy atom. The van der Waals surface area contributed by atoms with Crippen molar-refractivity contribution in [1.29, 1.82) is 0 Å². The molecule has 1 fully saturated rings. The van der Waals surface area contributed by atoms with E-state index < -0.39 is 0 Å². The molecule has 1 N–H and O–H groups in total. The van der Waals surface area contributed by atoms with Gasteiger partial charge in [0.25, 0.3) is 0 Å². The SMILES string of the molecule is COc1ccc(C(C)=O)cc1CN(C)C1CCNCC1. The molecule has 1 saturated heterocycles. The third kappa shape index (κ3) is 3.58. The highest BCUT2D eigenvalue weighted by Crippen LogP contribution is 2.23. The first-order valence-electron chi connectivity index (χ1n) is 7.20. The molecule has 1 heterocycles. The minimum absolute atomic E-state index is 0.0958. The molecular weight excluding hydrogens is 252 g/mol. The number of piperidine rings is 1. The van der Waals surface area contributed by atoms with Gasteiger partial charge in [-0.3, -0.25) is 9.69 Å². The summed E-state index contributed by atoms with van der Waals surface area (Å²) < 4.78 is 5.42. The van der Waals surface area contributed by atoms with E-state index in [1.807, 2.05) is 18.2 Å². The quantitative estimate of drug-likeness (QED) is 0.836. The molecule has 0 radical (unpaired) electrons. The monoisotopic (exact) mass is 276 g/mol. The number of hydrogen-bond acceptors (Lipinski definition) is 4. The average molecular weight is 276 g/mol. The highest BCUT2D eigenvalue weighted by atomic mass is 16.5. The van der Waals surface area contributed by atoms with E-state index in [-0.39, 0.29) is 5.78 Å². The van der Waals surface area contributed by atoms with E-state index in [0.29, 0.717) is 6.04 Å². The van der Waals surface area contributed by atoms with Crippen LogP contribution in [0.1, 0.15) is 35.7 Å². The lowest BCUT2D eigenvalue weighted by Gasteiger charge is -2.32. The Morgan fingerprint density at radius 3 is 2.70 bits per heavy atom. The zero-order chi connectivity index (χ0) is 14.5. The van der Waals surface area contributed by atoms with E-state index in [4.69, 9.17) is 4.74 Å². The summed E-state index contributed by atoms with van der Waals surface area (Å²) in [6, 6.07) is 6.28. The molecular formula is C16H24N2O2. The lowest BCUT2D eigenvalue weighted by atomic mass is 10.0. The van der Waals surface area contributed by atoms with Gasteiger partial charge >= 0.3 is 0 Å². The predicted molar refractivity (Wildman–Crippen MR) is 80.4 cm³/mol. The van der Waals surface area contributed by atoms with E-state index in [9.17, 15) is 4.79 Å². The largest absolute Gasteiger partial charge is 0.496 e. The third-order valence-corrected chi connectivity index (χ3v) is 4.04. The number of nitrogens with one attached hydrogen (secondary N) is 1. The molecule has 4 nitrogen and oxygen atoms in total. The van der Waals surface area contributed by atoms with Crippen LogP contribution in [0.25, 0.3) is 0 Å². The van der Waals surface area contributed by atoms with Crippen LogP contribution in [0.4, 0.5) is 0 Å². The van der Waals surface area contributed by atoms with Crippen molar-refractivity contribution in [3.8, 4) is 5.75 Å². The van der Waals surface area contributed by atoms with Crippen molar-refractivity contribution in [1.82, 2.24) is 10.2 Å². The number of ketones is 1. The summed E-state index contributed by atoms with van der Waals surface area (Å²) in [5.41, 5.74) is 1.83. The van der Waals surface area contributed by atoms with Crippen LogP contribution in [0.3, 0.4) is 0 Å². The van der Waals surface area contributed by atoms with Crippen molar-refractivity contribution in [2.75, 3.05) is 27.2 Å². The maximum absolute atomic E-state index is 11.5. The Morgan fingerprint density at radius 2 is 2.10 bits per heavy atom. The summed E-state index contributed by atoms with van der Waals surface area (Å²) in [6.07, 6.45) is 2.34. The zero-order valence-corrected chi connectivity index (χ0v) is 12.6. The van der Waals surface area contributed by atoms with E-state index >= 15 is 0 Å². The van der Waals surface area contributed by atoms with E-state index in [1.54, 1.807) is 14.0 Å². The number of benzene rings is 1. The van der Waals surface area contributed by atoms with Crippen LogP contribution in [-0.2, 0) is 6.54 Å². The molecule has 4 heteroatoms. The van der Waals surface area contributed by atoms with Crippen molar-refractivity contribution < 1.29 is 9.53 Å². The first-order valence-corrected chi connectivity index (χ1v) is 7.20. The number of Topliss-reactive ketones (excluding diaryl/α,β-unsaturated/α-hetero) is 1. The molecule has 1 aromatic carbocycles. The fourth-order valence-electron chi connectivity index (χ4n) is 2.77. The van der Waals surface area contributed by atoms with Gasteiger partial charge in [0.15, 0.2) is 5.78 Å². The summed E-state index contributed by atoms with van der Waals surface area (Å²) >= 11 is 0. The number of methoxy groups -OCH3 is 1. The molecule has 2 rings (SSSR count). The first-order chi connectivity index (χ1) is 9.61. The van der Waals surface area contributed by atoms with E-state index in [1.165, 1.54) is 12.8 Å². The molecule has 0 saturated carbocycles. The molecule has 0 amide bonds. The molecule has 110 valence electrons. The van der Waals surface area contributed by atoms with Gasteiger partial charge in [0, 0.05) is 23.7 Å². The second-order valence-electron chi connectivity index (χ2n) is 5.48. The molecule has 0 bridgehead atoms. The Labute approximate surface area is 121 Å². The van der Waals surface area contributed by atoms with Gasteiger partial charge in [0.2, 0.25) is 0 Å². The first kappa shape index (κ1) is 15.0. The Kier molecular flexibility index (Phi) is 5.15. The van der Waals surface area contributed by atoms with Crippen LogP contribution >= 0.6 is 0 Å². The predicted octanol–water partition coefficient (Wildman–Crippen LogP) is 2.08. The van der Waals surface area contributed by atoms with Gasteiger partial charge < -0.3 is 10.1 Å². The summed E-state index contributed by atoms with van der Waals surface area (Å²) in [5, 5.41) is 3.38. The standard InChI is InChI=1S/C16H24N2O2/c1-12(19)13-4-5-16(20-3)14(10-13)11-18(2)15-6-8-17-9-7-15/h4-5,10,15,17H,6-9,11H2,1-3H3. The molecule has 0 aromatic heterocycles. The summed E-state index contributed by atoms with van der Waals surface area (Å²) in [5.74, 6) is 0.953. The fourth-order valence-corrected chi connectivity index (χ4v) is 2.77. The smallest absolute Gasteiger partial charge is 0.159 e. The van der Waals surface area contributed by atoms with Gasteiger partial charge in [0.1, 0.15) is 5.75 Å². The number of hydrogen-bond donors (Lipinski definition) is 1. The minimum Gasteiger partial charge on any atom is -0.496 e. The number of nitrogens with zero attached hydrogens (tertiary/aromatic N) is 1. The highest BCUT2D eigenvalue weighted by molar-refractivity contribution is 5.94. The molecule has 0 unspecified atom stereocenters. The molecule has 0 aliphatic carbocycles. The van der Waals surface area contributed by atoms with E-state index in [0.717, 1.165) is 36.5 Å². The van der Waals surface area contributed by atoms with Crippen molar-refractivity contribution >= 4 is 5.78 Å². The van der Waals surface area contributed by atoms with Crippen LogP contribution in [0.15, 0.2) is 18.2 Å². The van der Waals surface area contributed by atoms with Crippen molar-refractivity contribution in [2.45, 2.75) is 32.4 Å². The molecule has 0 spiro atoms. The van der Waals surface area contributed by atoms with Crippen LogP contribution in [0.2, 0.25) is 0 Å². The molecule has 1 aromatic rings. The minimum atomic E-state index is 0.0958. The normalized spacial score (nSPS) is 16.4. The second-order valence-corrected chi connectivity index (χ2v) is 5.48. The molecule has 20 heavy (non-hydrogen) atoms. The number of carbonyl (C=O) groups is 1. The second kappa shape index (κ2) is 6.86. The number of ether oxygens (including phenoxy) is 1. The lowest BCUT2D eigenvalue weighted by Crippen LogP contribution is -2.40. The summed E-state index contributed by atoms with van der Waals surface area (Å²) in [7, 11) is 3.83. The molecule has 1 aliphatic heterocycles. The lowest BCUT2D eigenvalue weighted by molar-refractivity contribution is 0.101. The van der Waals surface area contributed by atoms with Gasteiger partial charge in [-0.1, -0.05) is 0 Å². The topological polar surface area (TPSA) is 41.6 Å². The average Bonchev–Trinajstić information content (AvgIpc) is 2.48. The van der Waals surface area contributed by atoms with Crippen molar-refractivity contribution in [2.24, 2.45) is 0 Å². The summed E-state index contributed by atoms with van der Waals surface area (Å²) in [4.78, 5) is 13.9. The number of rotatable bonds is 5. The van der Waals surface area contributed by atoms with Crippen molar-refractivity contribution in [3.63, 3.8) is 0 Å². The molecule has 1 aliphatic rings. The van der Waals surface area contributed by atoms with Gasteiger partial charge in [-0.05, 0) is 58.1 Å². The maximum atomic E-state index is 11.5. The maximum Gasteiger partial charge on any atom is 0.159 e. The molecule has 0 atom stereocenters. The van der Waals surface area contributed by atoms with Gasteiger partial charge in [-0.15, -0.1) is 0 Å². The summed E-state index contributed by atoms with van der Waals surface area (Å²) in [6.45, 7) is 4.58. The van der Waals surface area contributed by atoms with Gasteiger partial charge in [0.05, 0.1) is 7.11 Å². The van der Waals surface area contributed by atoms with Crippen molar-refractivity contribution in [3.05, 3.63) is 29.3 Å². The number of carbonyl (C=O) groups excluding carboxylic acids is 1. The Balaban J connectivity index is 2.13. The Hall–Kier alpha value is -1.39. The third-order valence-electron chi connectivity index (χ3n) is 4.04. The van der Waals surface area contributed by atoms with Gasteiger partial charge in [-0.25, -0.2) is 0 Å². The fraction of sp³-hybridized carbons (Fsp3) is 0.562.